The maximum atomic E-state index is 13.0. The first-order chi connectivity index (χ1) is 14.9. The molecule has 0 spiro atoms. The molecule has 2 unspecified atom stereocenters. The zero-order valence-corrected chi connectivity index (χ0v) is 17.2. The second kappa shape index (κ2) is 8.17. The summed E-state index contributed by atoms with van der Waals surface area (Å²) in [7, 11) is 1.54. The summed E-state index contributed by atoms with van der Waals surface area (Å²) in [5.41, 5.74) is -0.658. The number of urea groups is 1. The van der Waals surface area contributed by atoms with Crippen molar-refractivity contribution in [1.29, 1.82) is 0 Å². The lowest BCUT2D eigenvalue weighted by Crippen LogP contribution is -2.46. The van der Waals surface area contributed by atoms with Gasteiger partial charge in [-0.05, 0) is 36.8 Å². The monoisotopic (exact) mass is 425 g/mol. The Hall–Kier alpha value is -3.75. The lowest BCUT2D eigenvalue weighted by atomic mass is 9.92. The van der Waals surface area contributed by atoms with E-state index in [4.69, 9.17) is 14.2 Å². The van der Waals surface area contributed by atoms with Gasteiger partial charge in [0.15, 0.2) is 11.5 Å². The predicted octanol–water partition coefficient (Wildman–Crippen LogP) is 1.42. The van der Waals surface area contributed by atoms with Crippen LogP contribution < -0.4 is 24.8 Å². The molecule has 2 atom stereocenters. The molecule has 2 aromatic rings. The van der Waals surface area contributed by atoms with Crippen molar-refractivity contribution in [2.24, 2.45) is 0 Å². The van der Waals surface area contributed by atoms with Crippen molar-refractivity contribution in [2.75, 3.05) is 26.8 Å². The van der Waals surface area contributed by atoms with E-state index in [9.17, 15) is 14.4 Å². The van der Waals surface area contributed by atoms with E-state index in [2.05, 4.69) is 10.6 Å². The molecule has 31 heavy (non-hydrogen) atoms. The van der Waals surface area contributed by atoms with Crippen molar-refractivity contribution >= 4 is 17.8 Å². The van der Waals surface area contributed by atoms with Gasteiger partial charge in [0, 0.05) is 0 Å². The second-order valence-corrected chi connectivity index (χ2v) is 7.48. The third-order valence-electron chi connectivity index (χ3n) is 5.34. The summed E-state index contributed by atoms with van der Waals surface area (Å²) >= 11 is 0. The molecule has 2 aliphatic heterocycles. The number of hydrogen-bond acceptors (Lipinski definition) is 6. The molecule has 4 rings (SSSR count). The highest BCUT2D eigenvalue weighted by atomic mass is 16.6. The number of nitrogens with zero attached hydrogens (tertiary/aromatic N) is 1. The van der Waals surface area contributed by atoms with Crippen LogP contribution in [0.25, 0.3) is 0 Å². The van der Waals surface area contributed by atoms with Gasteiger partial charge in [0.05, 0.1) is 13.7 Å². The van der Waals surface area contributed by atoms with E-state index in [1.54, 1.807) is 44.4 Å². The van der Waals surface area contributed by atoms with E-state index in [1.165, 1.54) is 0 Å². The van der Waals surface area contributed by atoms with Gasteiger partial charge in [0.25, 0.3) is 5.91 Å². The first kappa shape index (κ1) is 20.5. The Balaban J connectivity index is 1.35. The molecular weight excluding hydrogens is 402 g/mol. The highest BCUT2D eigenvalue weighted by Gasteiger charge is 2.49. The van der Waals surface area contributed by atoms with Gasteiger partial charge >= 0.3 is 6.03 Å². The van der Waals surface area contributed by atoms with Gasteiger partial charge in [-0.15, -0.1) is 0 Å². The second-order valence-electron chi connectivity index (χ2n) is 7.48. The van der Waals surface area contributed by atoms with Crippen LogP contribution >= 0.6 is 0 Å². The fourth-order valence-electron chi connectivity index (χ4n) is 3.55. The smallest absolute Gasteiger partial charge is 0.325 e. The van der Waals surface area contributed by atoms with Gasteiger partial charge in [0.1, 0.15) is 30.5 Å². The number of rotatable bonds is 6. The number of methoxy groups -OCH3 is 1. The fourth-order valence-corrected chi connectivity index (χ4v) is 3.55. The summed E-state index contributed by atoms with van der Waals surface area (Å²) in [4.78, 5) is 38.7. The van der Waals surface area contributed by atoms with Crippen molar-refractivity contribution < 1.29 is 28.6 Å². The van der Waals surface area contributed by atoms with Crippen LogP contribution in [0, 0.1) is 0 Å². The molecule has 0 aromatic heterocycles. The van der Waals surface area contributed by atoms with Crippen LogP contribution in [0.3, 0.4) is 0 Å². The Kier molecular flexibility index (Phi) is 5.41. The van der Waals surface area contributed by atoms with Crippen molar-refractivity contribution in [2.45, 2.75) is 18.6 Å². The summed E-state index contributed by atoms with van der Waals surface area (Å²) in [6, 6.07) is 13.5. The van der Waals surface area contributed by atoms with Gasteiger partial charge in [-0.3, -0.25) is 14.5 Å². The zero-order valence-electron chi connectivity index (χ0n) is 17.2. The minimum atomic E-state index is -1.26. The fraction of sp³-hybridized carbons (Fsp3) is 0.318. The Morgan fingerprint density at radius 1 is 1.19 bits per heavy atom. The average Bonchev–Trinajstić information content (AvgIpc) is 3.01. The first-order valence-corrected chi connectivity index (χ1v) is 9.84. The molecular formula is C22H23N3O6. The molecule has 9 heteroatoms. The number of ether oxygens (including phenoxy) is 3. The number of nitrogens with one attached hydrogen (secondary N) is 2. The van der Waals surface area contributed by atoms with Crippen LogP contribution in [0.4, 0.5) is 4.79 Å². The number of amides is 4. The minimum absolute atomic E-state index is 0.187. The Morgan fingerprint density at radius 3 is 2.61 bits per heavy atom. The number of carbonyl (C=O) groups is 3. The van der Waals surface area contributed by atoms with Crippen LogP contribution in [0.5, 0.6) is 17.2 Å². The molecule has 1 fully saturated rings. The summed E-state index contributed by atoms with van der Waals surface area (Å²) in [6.07, 6.45) is -0.369. The molecule has 2 heterocycles. The van der Waals surface area contributed by atoms with Gasteiger partial charge in [0.2, 0.25) is 5.91 Å². The maximum Gasteiger partial charge on any atom is 0.325 e. The SMILES string of the molecule is COc1ccc(C2(C)NC(=O)N(CC(=O)NCC3COc4ccccc4O3)C2=O)cc1. The molecule has 4 amide bonds. The largest absolute Gasteiger partial charge is 0.497 e. The van der Waals surface area contributed by atoms with Crippen molar-refractivity contribution in [1.82, 2.24) is 15.5 Å². The van der Waals surface area contributed by atoms with Gasteiger partial charge in [-0.2, -0.15) is 0 Å². The van der Waals surface area contributed by atoms with Crippen LogP contribution in [-0.4, -0.2) is 55.7 Å². The quantitative estimate of drug-likeness (QED) is 0.678. The lowest BCUT2D eigenvalue weighted by molar-refractivity contribution is -0.134. The Labute approximate surface area is 179 Å². The zero-order chi connectivity index (χ0) is 22.0. The summed E-state index contributed by atoms with van der Waals surface area (Å²) in [5.74, 6) is 0.936. The highest BCUT2D eigenvalue weighted by molar-refractivity contribution is 6.09. The van der Waals surface area contributed by atoms with Crippen molar-refractivity contribution in [3.63, 3.8) is 0 Å². The normalized spacial score (nSPS) is 22.1. The van der Waals surface area contributed by atoms with Gasteiger partial charge < -0.3 is 24.8 Å². The number of fused-ring (bicyclic) bond motifs is 1. The maximum absolute atomic E-state index is 13.0. The Bertz CT molecular complexity index is 1010. The standard InChI is InChI=1S/C22H23N3O6/c1-22(14-7-9-15(29-2)10-8-14)20(27)25(21(28)24-22)12-19(26)23-11-16-13-30-17-5-3-4-6-18(17)31-16/h3-10,16H,11-13H2,1-2H3,(H,23,26)(H,24,28). The van der Waals surface area contributed by atoms with E-state index < -0.39 is 23.4 Å². The van der Waals surface area contributed by atoms with Crippen LogP contribution in [-0.2, 0) is 15.1 Å². The molecule has 0 aliphatic carbocycles. The van der Waals surface area contributed by atoms with Gasteiger partial charge in [-0.1, -0.05) is 24.3 Å². The molecule has 2 aliphatic rings. The summed E-state index contributed by atoms with van der Waals surface area (Å²) < 4.78 is 16.5. The van der Waals surface area contributed by atoms with E-state index in [-0.39, 0.29) is 25.8 Å². The van der Waals surface area contributed by atoms with E-state index >= 15 is 0 Å². The third kappa shape index (κ3) is 3.98. The first-order valence-electron chi connectivity index (χ1n) is 9.84. The number of benzene rings is 2. The molecule has 2 aromatic carbocycles. The van der Waals surface area contributed by atoms with E-state index in [0.717, 1.165) is 4.90 Å². The molecule has 9 nitrogen and oxygen atoms in total. The number of carbonyl (C=O) groups excluding carboxylic acids is 3. The molecule has 0 saturated carbocycles. The van der Waals surface area contributed by atoms with Crippen LogP contribution in [0.1, 0.15) is 12.5 Å². The lowest BCUT2D eigenvalue weighted by Gasteiger charge is -2.26. The molecule has 0 bridgehead atoms. The third-order valence-corrected chi connectivity index (χ3v) is 5.34. The van der Waals surface area contributed by atoms with Crippen molar-refractivity contribution in [3.8, 4) is 17.2 Å². The van der Waals surface area contributed by atoms with E-state index in [1.807, 2.05) is 18.2 Å². The van der Waals surface area contributed by atoms with E-state index in [0.29, 0.717) is 22.8 Å². The number of para-hydroxylation sites is 2. The van der Waals surface area contributed by atoms with Gasteiger partial charge in [-0.25, -0.2) is 4.79 Å². The summed E-state index contributed by atoms with van der Waals surface area (Å²) in [6.45, 7) is 1.70. The predicted molar refractivity (Wildman–Crippen MR) is 110 cm³/mol. The topological polar surface area (TPSA) is 106 Å². The number of imide groups is 1. The number of hydrogen-bond donors (Lipinski definition) is 2. The van der Waals surface area contributed by atoms with Crippen LogP contribution in [0.2, 0.25) is 0 Å². The average molecular weight is 425 g/mol. The minimum Gasteiger partial charge on any atom is -0.497 e. The molecule has 0 radical (unpaired) electrons. The van der Waals surface area contributed by atoms with Crippen molar-refractivity contribution in [3.05, 3.63) is 54.1 Å². The molecule has 162 valence electrons. The molecule has 1 saturated heterocycles. The van der Waals surface area contributed by atoms with Crippen LogP contribution in [0.15, 0.2) is 48.5 Å². The molecule has 2 N–H and O–H groups in total. The Morgan fingerprint density at radius 2 is 1.90 bits per heavy atom. The summed E-state index contributed by atoms with van der Waals surface area (Å²) in [5, 5.41) is 5.38. The highest BCUT2D eigenvalue weighted by Crippen LogP contribution is 2.31.